The molecule has 0 aromatic rings. The van der Waals surface area contributed by atoms with Crippen molar-refractivity contribution in [2.45, 2.75) is 20.3 Å². The molecule has 1 unspecified atom stereocenters. The van der Waals surface area contributed by atoms with Crippen LogP contribution in [-0.2, 0) is 9.59 Å². The van der Waals surface area contributed by atoms with Crippen molar-refractivity contribution in [1.29, 1.82) is 0 Å². The van der Waals surface area contributed by atoms with E-state index in [1.807, 2.05) is 6.92 Å². The van der Waals surface area contributed by atoms with Crippen molar-refractivity contribution < 1.29 is 19.5 Å². The predicted molar refractivity (Wildman–Crippen MR) is 70.8 cm³/mol. The molecule has 3 amide bonds. The van der Waals surface area contributed by atoms with Crippen LogP contribution < -0.4 is 5.32 Å². The molecule has 0 heterocycles. The topological polar surface area (TPSA) is 90.0 Å². The fraction of sp³-hybridized carbons (Fsp3) is 0.750. The first-order valence-corrected chi connectivity index (χ1v) is 6.26. The molecule has 0 spiro atoms. The lowest BCUT2D eigenvalue weighted by molar-refractivity contribution is -0.137. The highest BCUT2D eigenvalue weighted by molar-refractivity contribution is 5.81. The van der Waals surface area contributed by atoms with Gasteiger partial charge in [0.05, 0.1) is 5.92 Å². The number of carbonyl (C=O) groups is 3. The molecule has 0 aliphatic heterocycles. The number of nitrogens with zero attached hydrogens (tertiary/aromatic N) is 2. The molecule has 19 heavy (non-hydrogen) atoms. The summed E-state index contributed by atoms with van der Waals surface area (Å²) in [6.07, 6.45) is 0.678. The first kappa shape index (κ1) is 17.2. The molecule has 0 aromatic carbocycles. The van der Waals surface area contributed by atoms with Gasteiger partial charge in [-0.2, -0.15) is 0 Å². The number of carboxylic acid groups (broad SMARTS) is 1. The molecule has 2 N–H and O–H groups in total. The summed E-state index contributed by atoms with van der Waals surface area (Å²) in [6, 6.07) is -0.375. The zero-order valence-electron chi connectivity index (χ0n) is 12.0. The maximum atomic E-state index is 12.1. The van der Waals surface area contributed by atoms with Crippen molar-refractivity contribution in [2.24, 2.45) is 5.92 Å². The molecule has 0 rings (SSSR count). The molecule has 1 atom stereocenters. The van der Waals surface area contributed by atoms with Crippen molar-refractivity contribution in [1.82, 2.24) is 15.1 Å². The number of urea groups is 1. The van der Waals surface area contributed by atoms with Gasteiger partial charge in [0.15, 0.2) is 0 Å². The molecule has 7 nitrogen and oxygen atoms in total. The normalized spacial score (nSPS) is 11.6. The maximum absolute atomic E-state index is 12.1. The molecule has 0 saturated carbocycles. The molecule has 7 heteroatoms. The predicted octanol–water partition coefficient (Wildman–Crippen LogP) is 0.217. The van der Waals surface area contributed by atoms with Crippen LogP contribution >= 0.6 is 0 Å². The van der Waals surface area contributed by atoms with Crippen molar-refractivity contribution >= 4 is 17.9 Å². The third kappa shape index (κ3) is 6.08. The van der Waals surface area contributed by atoms with E-state index in [0.29, 0.717) is 13.0 Å². The van der Waals surface area contributed by atoms with E-state index in [0.717, 1.165) is 0 Å². The van der Waals surface area contributed by atoms with Gasteiger partial charge in [-0.1, -0.05) is 13.8 Å². The number of carbonyl (C=O) groups excluding carboxylic acids is 2. The second-order valence-electron chi connectivity index (χ2n) is 4.49. The minimum atomic E-state index is -1.05. The van der Waals surface area contributed by atoms with Gasteiger partial charge in [0, 0.05) is 27.2 Å². The van der Waals surface area contributed by atoms with Crippen LogP contribution in [-0.4, -0.2) is 66.5 Å². The average Bonchev–Trinajstić information content (AvgIpc) is 2.35. The summed E-state index contributed by atoms with van der Waals surface area (Å²) in [5, 5.41) is 11.3. The number of carboxylic acids is 1. The van der Waals surface area contributed by atoms with Crippen LogP contribution in [0.4, 0.5) is 4.79 Å². The quantitative estimate of drug-likeness (QED) is 0.694. The van der Waals surface area contributed by atoms with Gasteiger partial charge in [0.1, 0.15) is 6.54 Å². The van der Waals surface area contributed by atoms with Crippen LogP contribution in [0.2, 0.25) is 0 Å². The standard InChI is InChI=1S/C12H23N3O4/c1-5-6-15(8-10(16)17)12(19)14(4)7-9(2)11(18)13-3/h9H,5-8H2,1-4H3,(H,13,18)(H,16,17). The Labute approximate surface area is 113 Å². The highest BCUT2D eigenvalue weighted by atomic mass is 16.4. The van der Waals surface area contributed by atoms with Crippen molar-refractivity contribution in [3.05, 3.63) is 0 Å². The summed E-state index contributed by atoms with van der Waals surface area (Å²) in [5.41, 5.74) is 0. The molecule has 0 fully saturated rings. The lowest BCUT2D eigenvalue weighted by Crippen LogP contribution is -2.46. The van der Waals surface area contributed by atoms with E-state index in [1.54, 1.807) is 14.0 Å². The highest BCUT2D eigenvalue weighted by Gasteiger charge is 2.22. The van der Waals surface area contributed by atoms with E-state index in [4.69, 9.17) is 5.11 Å². The molecule has 0 radical (unpaired) electrons. The third-order valence-corrected chi connectivity index (χ3v) is 2.66. The summed E-state index contributed by atoms with van der Waals surface area (Å²) in [4.78, 5) is 36.8. The summed E-state index contributed by atoms with van der Waals surface area (Å²) in [5.74, 6) is -1.54. The number of hydrogen-bond donors (Lipinski definition) is 2. The number of aliphatic carboxylic acids is 1. The van der Waals surface area contributed by atoms with Crippen molar-refractivity contribution in [2.75, 3.05) is 33.7 Å². The van der Waals surface area contributed by atoms with E-state index in [-0.39, 0.29) is 30.9 Å². The molecule has 0 saturated heterocycles. The van der Waals surface area contributed by atoms with Crippen LogP contribution in [0.5, 0.6) is 0 Å². The molecule has 0 bridgehead atoms. The fourth-order valence-corrected chi connectivity index (χ4v) is 1.74. The fourth-order valence-electron chi connectivity index (χ4n) is 1.74. The second-order valence-corrected chi connectivity index (χ2v) is 4.49. The third-order valence-electron chi connectivity index (χ3n) is 2.66. The van der Waals surface area contributed by atoms with Crippen LogP contribution in [0.3, 0.4) is 0 Å². The van der Waals surface area contributed by atoms with Gasteiger partial charge in [0.2, 0.25) is 5.91 Å². The van der Waals surface area contributed by atoms with E-state index >= 15 is 0 Å². The van der Waals surface area contributed by atoms with Crippen LogP contribution in [0.1, 0.15) is 20.3 Å². The lowest BCUT2D eigenvalue weighted by Gasteiger charge is -2.28. The molecular formula is C12H23N3O4. The minimum absolute atomic E-state index is 0.153. The number of hydrogen-bond acceptors (Lipinski definition) is 3. The molecule has 110 valence electrons. The zero-order valence-corrected chi connectivity index (χ0v) is 12.0. The summed E-state index contributed by atoms with van der Waals surface area (Å²) < 4.78 is 0. The smallest absolute Gasteiger partial charge is 0.323 e. The number of rotatable bonds is 7. The Morgan fingerprint density at radius 2 is 1.89 bits per heavy atom. The molecular weight excluding hydrogens is 250 g/mol. The summed E-state index contributed by atoms with van der Waals surface area (Å²) in [6.45, 7) is 3.88. The molecule has 0 aliphatic carbocycles. The summed E-state index contributed by atoms with van der Waals surface area (Å²) >= 11 is 0. The Kier molecular flexibility index (Phi) is 7.55. The maximum Gasteiger partial charge on any atom is 0.323 e. The Bertz CT molecular complexity index is 333. The van der Waals surface area contributed by atoms with E-state index in [9.17, 15) is 14.4 Å². The van der Waals surface area contributed by atoms with Crippen LogP contribution in [0.25, 0.3) is 0 Å². The zero-order chi connectivity index (χ0) is 15.0. The molecule has 0 aromatic heterocycles. The Morgan fingerprint density at radius 1 is 1.32 bits per heavy atom. The largest absolute Gasteiger partial charge is 0.480 e. The van der Waals surface area contributed by atoms with Crippen molar-refractivity contribution in [3.63, 3.8) is 0 Å². The average molecular weight is 273 g/mol. The van der Waals surface area contributed by atoms with Gasteiger partial charge >= 0.3 is 12.0 Å². The van der Waals surface area contributed by atoms with Crippen molar-refractivity contribution in [3.8, 4) is 0 Å². The van der Waals surface area contributed by atoms with E-state index < -0.39 is 5.97 Å². The van der Waals surface area contributed by atoms with Gasteiger partial charge in [-0.3, -0.25) is 9.59 Å². The highest BCUT2D eigenvalue weighted by Crippen LogP contribution is 2.03. The summed E-state index contributed by atoms with van der Waals surface area (Å²) in [7, 11) is 3.10. The van der Waals surface area contributed by atoms with E-state index in [2.05, 4.69) is 5.32 Å². The Morgan fingerprint density at radius 3 is 2.32 bits per heavy atom. The first-order valence-electron chi connectivity index (χ1n) is 6.26. The van der Waals surface area contributed by atoms with Gasteiger partial charge in [-0.25, -0.2) is 4.79 Å². The first-order chi connectivity index (χ1) is 8.83. The number of nitrogens with one attached hydrogen (secondary N) is 1. The van der Waals surface area contributed by atoms with E-state index in [1.165, 1.54) is 16.8 Å². The Hall–Kier alpha value is -1.79. The van der Waals surface area contributed by atoms with Crippen LogP contribution in [0.15, 0.2) is 0 Å². The lowest BCUT2D eigenvalue weighted by atomic mass is 10.1. The van der Waals surface area contributed by atoms with Gasteiger partial charge in [-0.15, -0.1) is 0 Å². The second kappa shape index (κ2) is 8.34. The molecule has 0 aliphatic rings. The monoisotopic (exact) mass is 273 g/mol. The number of amides is 3. The van der Waals surface area contributed by atoms with Gasteiger partial charge < -0.3 is 20.2 Å². The van der Waals surface area contributed by atoms with Gasteiger partial charge in [0.25, 0.3) is 0 Å². The SMILES string of the molecule is CCCN(CC(=O)O)C(=O)N(C)CC(C)C(=O)NC. The Balaban J connectivity index is 4.57. The minimum Gasteiger partial charge on any atom is -0.480 e. The van der Waals surface area contributed by atoms with Gasteiger partial charge in [-0.05, 0) is 6.42 Å². The van der Waals surface area contributed by atoms with Crippen LogP contribution in [0, 0.1) is 5.92 Å².